The number of carbonyl (C=O) groups is 1. The van der Waals surface area contributed by atoms with E-state index in [9.17, 15) is 4.79 Å². The molecule has 0 aromatic rings. The molecule has 1 aliphatic rings. The molecule has 0 aromatic heterocycles. The van der Waals surface area contributed by atoms with E-state index in [0.717, 1.165) is 26.1 Å². The van der Waals surface area contributed by atoms with Crippen LogP contribution < -0.4 is 10.6 Å². The molecule has 1 fully saturated rings. The predicted octanol–water partition coefficient (Wildman–Crippen LogP) is 1.22. The van der Waals surface area contributed by atoms with E-state index in [1.165, 1.54) is 0 Å². The third-order valence-electron chi connectivity index (χ3n) is 3.86. The fourth-order valence-corrected chi connectivity index (χ4v) is 2.77. The van der Waals surface area contributed by atoms with Crippen LogP contribution in [0.15, 0.2) is 0 Å². The van der Waals surface area contributed by atoms with Crippen LogP contribution in [-0.2, 0) is 4.79 Å². The topological polar surface area (TPSA) is 44.4 Å². The van der Waals surface area contributed by atoms with Crippen LogP contribution in [0.5, 0.6) is 0 Å². The summed E-state index contributed by atoms with van der Waals surface area (Å²) in [5.74, 6) is 0.358. The average Bonchev–Trinajstić information content (AvgIpc) is 2.69. The normalized spacial score (nSPS) is 24.2. The van der Waals surface area contributed by atoms with Gasteiger partial charge in [0.2, 0.25) is 5.91 Å². The summed E-state index contributed by atoms with van der Waals surface area (Å²) in [6.07, 6.45) is 0.963. The summed E-state index contributed by atoms with van der Waals surface area (Å²) < 4.78 is 0. The minimum absolute atomic E-state index is 0.150. The maximum Gasteiger partial charge on any atom is 0.224 e. The molecule has 2 unspecified atom stereocenters. The van der Waals surface area contributed by atoms with Crippen LogP contribution in [0.4, 0.5) is 0 Å². The van der Waals surface area contributed by atoms with Gasteiger partial charge >= 0.3 is 0 Å². The zero-order chi connectivity index (χ0) is 13.7. The Morgan fingerprint density at radius 3 is 2.39 bits per heavy atom. The van der Waals surface area contributed by atoms with Gasteiger partial charge in [-0.2, -0.15) is 0 Å². The number of amides is 1. The maximum absolute atomic E-state index is 12.0. The molecule has 1 amide bonds. The molecule has 106 valence electrons. The van der Waals surface area contributed by atoms with Crippen molar-refractivity contribution in [2.45, 2.75) is 59.2 Å². The van der Waals surface area contributed by atoms with Crippen LogP contribution in [0.25, 0.3) is 0 Å². The first-order valence-corrected chi connectivity index (χ1v) is 7.20. The molecule has 0 spiro atoms. The summed E-state index contributed by atoms with van der Waals surface area (Å²) in [5.41, 5.74) is 0. The van der Waals surface area contributed by atoms with Crippen LogP contribution in [0.2, 0.25) is 0 Å². The third kappa shape index (κ3) is 4.25. The Morgan fingerprint density at radius 2 is 1.94 bits per heavy atom. The maximum atomic E-state index is 12.0. The number of nitrogens with zero attached hydrogens (tertiary/aromatic N) is 1. The molecular weight excluding hydrogens is 226 g/mol. The van der Waals surface area contributed by atoms with Crippen LogP contribution in [-0.4, -0.2) is 48.6 Å². The molecule has 1 rings (SSSR count). The standard InChI is InChI=1S/C14H29N3O/c1-10(2)17(11(3)4)9-8-16-14(18)13-6-7-15-12(13)5/h10-13,15H,6-9H2,1-5H3,(H,16,18). The molecular formula is C14H29N3O. The van der Waals surface area contributed by atoms with E-state index < -0.39 is 0 Å². The molecule has 0 aliphatic carbocycles. The Kier molecular flexibility index (Phi) is 6.09. The number of carbonyl (C=O) groups excluding carboxylic acids is 1. The van der Waals surface area contributed by atoms with Crippen molar-refractivity contribution in [3.63, 3.8) is 0 Å². The van der Waals surface area contributed by atoms with Gasteiger partial charge in [0.15, 0.2) is 0 Å². The second-order valence-corrected chi connectivity index (χ2v) is 5.85. The fraction of sp³-hybridized carbons (Fsp3) is 0.929. The molecule has 0 saturated carbocycles. The second kappa shape index (κ2) is 7.10. The first-order valence-electron chi connectivity index (χ1n) is 7.20. The second-order valence-electron chi connectivity index (χ2n) is 5.85. The molecule has 4 heteroatoms. The molecule has 4 nitrogen and oxygen atoms in total. The number of hydrogen-bond acceptors (Lipinski definition) is 3. The van der Waals surface area contributed by atoms with Crippen LogP contribution in [0.3, 0.4) is 0 Å². The van der Waals surface area contributed by atoms with Gasteiger partial charge in [-0.1, -0.05) is 0 Å². The van der Waals surface area contributed by atoms with Gasteiger partial charge in [-0.15, -0.1) is 0 Å². The van der Waals surface area contributed by atoms with Crippen molar-refractivity contribution in [2.24, 2.45) is 5.92 Å². The summed E-state index contributed by atoms with van der Waals surface area (Å²) in [4.78, 5) is 14.4. The minimum atomic E-state index is 0.150. The van der Waals surface area contributed by atoms with Gasteiger partial charge in [0.05, 0.1) is 5.92 Å². The van der Waals surface area contributed by atoms with Gasteiger partial charge in [-0.05, 0) is 47.6 Å². The molecule has 2 atom stereocenters. The Bertz CT molecular complexity index is 258. The summed E-state index contributed by atoms with van der Waals surface area (Å²) in [7, 11) is 0. The van der Waals surface area contributed by atoms with Gasteiger partial charge in [0.1, 0.15) is 0 Å². The van der Waals surface area contributed by atoms with Crippen LogP contribution in [0.1, 0.15) is 41.0 Å². The molecule has 1 heterocycles. The highest BCUT2D eigenvalue weighted by Gasteiger charge is 2.29. The predicted molar refractivity (Wildman–Crippen MR) is 75.6 cm³/mol. The highest BCUT2D eigenvalue weighted by atomic mass is 16.1. The van der Waals surface area contributed by atoms with Crippen molar-refractivity contribution >= 4 is 5.91 Å². The summed E-state index contributed by atoms with van der Waals surface area (Å²) in [6, 6.07) is 1.36. The van der Waals surface area contributed by atoms with Gasteiger partial charge in [0.25, 0.3) is 0 Å². The molecule has 18 heavy (non-hydrogen) atoms. The summed E-state index contributed by atoms with van der Waals surface area (Å²) in [6.45, 7) is 13.5. The lowest BCUT2D eigenvalue weighted by Crippen LogP contribution is -2.44. The van der Waals surface area contributed by atoms with E-state index in [0.29, 0.717) is 18.1 Å². The molecule has 1 aliphatic heterocycles. The van der Waals surface area contributed by atoms with Crippen LogP contribution >= 0.6 is 0 Å². The smallest absolute Gasteiger partial charge is 0.224 e. The van der Waals surface area contributed by atoms with E-state index in [1.54, 1.807) is 0 Å². The van der Waals surface area contributed by atoms with Crippen molar-refractivity contribution in [3.05, 3.63) is 0 Å². The van der Waals surface area contributed by atoms with Crippen molar-refractivity contribution < 1.29 is 4.79 Å². The lowest BCUT2D eigenvalue weighted by Gasteiger charge is -2.30. The van der Waals surface area contributed by atoms with Crippen molar-refractivity contribution in [3.8, 4) is 0 Å². The number of rotatable bonds is 6. The largest absolute Gasteiger partial charge is 0.355 e. The first kappa shape index (κ1) is 15.4. The monoisotopic (exact) mass is 255 g/mol. The fourth-order valence-electron chi connectivity index (χ4n) is 2.77. The van der Waals surface area contributed by atoms with Gasteiger partial charge in [0, 0.05) is 31.2 Å². The minimum Gasteiger partial charge on any atom is -0.355 e. The summed E-state index contributed by atoms with van der Waals surface area (Å²) >= 11 is 0. The lowest BCUT2D eigenvalue weighted by molar-refractivity contribution is -0.125. The van der Waals surface area contributed by atoms with Crippen molar-refractivity contribution in [2.75, 3.05) is 19.6 Å². The first-order chi connectivity index (χ1) is 8.43. The lowest BCUT2D eigenvalue weighted by atomic mass is 10.0. The molecule has 2 N–H and O–H groups in total. The zero-order valence-electron chi connectivity index (χ0n) is 12.5. The van der Waals surface area contributed by atoms with Gasteiger partial charge < -0.3 is 10.6 Å². The van der Waals surface area contributed by atoms with E-state index >= 15 is 0 Å². The molecule has 1 saturated heterocycles. The Hall–Kier alpha value is -0.610. The van der Waals surface area contributed by atoms with Crippen molar-refractivity contribution in [1.29, 1.82) is 0 Å². The van der Waals surface area contributed by atoms with Crippen LogP contribution in [0, 0.1) is 5.92 Å². The van der Waals surface area contributed by atoms with E-state index in [-0.39, 0.29) is 11.8 Å². The Balaban J connectivity index is 2.30. The van der Waals surface area contributed by atoms with E-state index in [1.807, 2.05) is 0 Å². The zero-order valence-corrected chi connectivity index (χ0v) is 12.5. The molecule has 0 bridgehead atoms. The highest BCUT2D eigenvalue weighted by Crippen LogP contribution is 2.14. The quantitative estimate of drug-likeness (QED) is 0.750. The van der Waals surface area contributed by atoms with E-state index in [2.05, 4.69) is 50.2 Å². The average molecular weight is 255 g/mol. The van der Waals surface area contributed by atoms with Gasteiger partial charge in [-0.3, -0.25) is 9.69 Å². The number of nitrogens with one attached hydrogen (secondary N) is 2. The number of hydrogen-bond donors (Lipinski definition) is 2. The van der Waals surface area contributed by atoms with Gasteiger partial charge in [-0.25, -0.2) is 0 Å². The Labute approximate surface area is 111 Å². The molecule has 0 radical (unpaired) electrons. The molecule has 0 aromatic carbocycles. The SMILES string of the molecule is CC1NCCC1C(=O)NCCN(C(C)C)C(C)C. The third-order valence-corrected chi connectivity index (χ3v) is 3.86. The highest BCUT2D eigenvalue weighted by molar-refractivity contribution is 5.79. The van der Waals surface area contributed by atoms with E-state index in [4.69, 9.17) is 0 Å². The summed E-state index contributed by atoms with van der Waals surface area (Å²) in [5, 5.41) is 6.39. The van der Waals surface area contributed by atoms with Crippen molar-refractivity contribution in [1.82, 2.24) is 15.5 Å². The Morgan fingerprint density at radius 1 is 1.33 bits per heavy atom.